The Kier molecular flexibility index (Phi) is 4.86. The number of rotatable bonds is 5. The summed E-state index contributed by atoms with van der Waals surface area (Å²) in [6.07, 6.45) is 0. The third-order valence-corrected chi connectivity index (χ3v) is 5.03. The highest BCUT2D eigenvalue weighted by molar-refractivity contribution is 6.25. The number of carbonyl (C=O) groups is 4. The number of nitrogens with one attached hydrogen (secondary N) is 1. The lowest BCUT2D eigenvalue weighted by molar-refractivity contribution is -0.123. The minimum atomic E-state index is -0.957. The first-order chi connectivity index (χ1) is 14.3. The number of hydrogen-bond acceptors (Lipinski definition) is 7. The van der Waals surface area contributed by atoms with Gasteiger partial charge in [-0.1, -0.05) is 22.9 Å². The van der Waals surface area contributed by atoms with E-state index < -0.39 is 29.8 Å². The average molecular weight is 405 g/mol. The van der Waals surface area contributed by atoms with Gasteiger partial charge in [0.25, 0.3) is 11.8 Å². The van der Waals surface area contributed by atoms with E-state index in [1.807, 2.05) is 19.1 Å². The molecule has 2 aliphatic heterocycles. The zero-order valence-corrected chi connectivity index (χ0v) is 16.4. The number of anilines is 2. The van der Waals surface area contributed by atoms with Gasteiger partial charge in [-0.05, 0) is 50.2 Å². The molecule has 0 saturated carbocycles. The van der Waals surface area contributed by atoms with Crippen LogP contribution in [0.5, 0.6) is 0 Å². The van der Waals surface area contributed by atoms with Crippen LogP contribution in [-0.4, -0.2) is 47.1 Å². The van der Waals surface area contributed by atoms with E-state index in [1.54, 1.807) is 36.4 Å². The lowest BCUT2D eigenvalue weighted by atomic mass is 10.1. The summed E-state index contributed by atoms with van der Waals surface area (Å²) in [5, 5.41) is 11.7. The number of Topliss-reactive ketones (excluding diaryl/α,β-unsaturated/α-hetero) is 1. The van der Waals surface area contributed by atoms with Crippen molar-refractivity contribution in [1.82, 2.24) is 5.01 Å². The predicted octanol–water partition coefficient (Wildman–Crippen LogP) is 2.13. The van der Waals surface area contributed by atoms with Crippen molar-refractivity contribution < 1.29 is 19.2 Å². The summed E-state index contributed by atoms with van der Waals surface area (Å²) in [5.41, 5.74) is 2.52. The Bertz CT molecular complexity index is 1060. The molecule has 0 spiro atoms. The largest absolute Gasteiger partial charge is 0.324 e. The van der Waals surface area contributed by atoms with Crippen LogP contribution in [0.2, 0.25) is 0 Å². The van der Waals surface area contributed by atoms with Crippen molar-refractivity contribution in [3.05, 3.63) is 59.7 Å². The average Bonchev–Trinajstić information content (AvgIpc) is 3.23. The Labute approximate surface area is 172 Å². The number of fused-ring (bicyclic) bond motifs is 1. The highest BCUT2D eigenvalue weighted by Gasteiger charge is 2.55. The molecule has 2 heterocycles. The Hall–Kier alpha value is -3.88. The normalized spacial score (nSPS) is 19.9. The molecule has 0 aromatic heterocycles. The van der Waals surface area contributed by atoms with Gasteiger partial charge < -0.3 is 5.32 Å². The summed E-state index contributed by atoms with van der Waals surface area (Å²) in [4.78, 5) is 50.5. The number of ketones is 1. The standard InChI is InChI=1S/C21H19N5O4/c1-12-3-9-16(10-4-12)26-20(29)18-19(21(26)30)25(24-23-18)11-17(28)22-15-7-5-14(6-8-15)13(2)27/h3-10,18-19H,11H2,1-2H3,(H,22,28)/t18-,19-/m0/s1. The Morgan fingerprint density at radius 3 is 2.30 bits per heavy atom. The van der Waals surface area contributed by atoms with Crippen molar-refractivity contribution in [1.29, 1.82) is 0 Å². The summed E-state index contributed by atoms with van der Waals surface area (Å²) in [6.45, 7) is 3.14. The van der Waals surface area contributed by atoms with Crippen molar-refractivity contribution in [2.75, 3.05) is 16.8 Å². The Morgan fingerprint density at radius 2 is 1.67 bits per heavy atom. The van der Waals surface area contributed by atoms with Gasteiger partial charge in [-0.2, -0.15) is 5.11 Å². The van der Waals surface area contributed by atoms with Crippen LogP contribution in [0, 0.1) is 6.92 Å². The molecular weight excluding hydrogens is 386 g/mol. The second-order valence-electron chi connectivity index (χ2n) is 7.22. The van der Waals surface area contributed by atoms with Gasteiger partial charge in [0.1, 0.15) is 6.54 Å². The van der Waals surface area contributed by atoms with Gasteiger partial charge >= 0.3 is 0 Å². The highest BCUT2D eigenvalue weighted by Crippen LogP contribution is 2.31. The van der Waals surface area contributed by atoms with Gasteiger partial charge in [0.05, 0.1) is 5.69 Å². The predicted molar refractivity (Wildman–Crippen MR) is 108 cm³/mol. The third-order valence-electron chi connectivity index (χ3n) is 5.03. The van der Waals surface area contributed by atoms with E-state index in [1.165, 1.54) is 11.9 Å². The molecule has 0 radical (unpaired) electrons. The number of nitrogens with zero attached hydrogens (tertiary/aromatic N) is 4. The number of amides is 3. The van der Waals surface area contributed by atoms with E-state index in [2.05, 4.69) is 15.7 Å². The maximum absolute atomic E-state index is 12.9. The molecule has 30 heavy (non-hydrogen) atoms. The van der Waals surface area contributed by atoms with E-state index >= 15 is 0 Å². The maximum Gasteiger partial charge on any atom is 0.263 e. The van der Waals surface area contributed by atoms with Crippen LogP contribution in [0.1, 0.15) is 22.8 Å². The maximum atomic E-state index is 12.9. The highest BCUT2D eigenvalue weighted by atomic mass is 16.2. The first-order valence-corrected chi connectivity index (χ1v) is 9.38. The number of aryl methyl sites for hydroxylation is 1. The number of imide groups is 1. The first-order valence-electron chi connectivity index (χ1n) is 9.38. The lowest BCUT2D eigenvalue weighted by Gasteiger charge is -2.20. The molecule has 0 unspecified atom stereocenters. The SMILES string of the molecule is CC(=O)c1ccc(NC(=O)CN2N=N[C@@H]3C(=O)N(c4ccc(C)cc4)C(=O)[C@H]32)cc1. The number of hydrogen-bond donors (Lipinski definition) is 1. The Morgan fingerprint density at radius 1 is 1.00 bits per heavy atom. The van der Waals surface area contributed by atoms with Gasteiger partial charge in [0.15, 0.2) is 17.9 Å². The number of benzene rings is 2. The molecule has 9 heteroatoms. The second kappa shape index (κ2) is 7.51. The van der Waals surface area contributed by atoms with Crippen molar-refractivity contribution in [3.63, 3.8) is 0 Å². The fourth-order valence-corrected chi connectivity index (χ4v) is 3.44. The van der Waals surface area contributed by atoms with E-state index in [0.717, 1.165) is 10.5 Å². The molecule has 4 rings (SSSR count). The molecule has 9 nitrogen and oxygen atoms in total. The smallest absolute Gasteiger partial charge is 0.263 e. The van der Waals surface area contributed by atoms with Crippen molar-refractivity contribution in [3.8, 4) is 0 Å². The summed E-state index contributed by atoms with van der Waals surface area (Å²) < 4.78 is 0. The topological polar surface area (TPSA) is 112 Å². The molecule has 1 saturated heterocycles. The molecule has 2 aliphatic rings. The van der Waals surface area contributed by atoms with E-state index in [-0.39, 0.29) is 12.3 Å². The van der Waals surface area contributed by atoms with Crippen molar-refractivity contribution in [2.24, 2.45) is 10.3 Å². The van der Waals surface area contributed by atoms with Crippen LogP contribution >= 0.6 is 0 Å². The minimum absolute atomic E-state index is 0.0704. The molecule has 0 bridgehead atoms. The first kappa shape index (κ1) is 19.4. The van der Waals surface area contributed by atoms with Crippen LogP contribution in [0.15, 0.2) is 58.9 Å². The number of carbonyl (C=O) groups excluding carboxylic acids is 4. The zero-order chi connectivity index (χ0) is 21.4. The van der Waals surface area contributed by atoms with E-state index in [4.69, 9.17) is 0 Å². The summed E-state index contributed by atoms with van der Waals surface area (Å²) in [7, 11) is 0. The monoisotopic (exact) mass is 405 g/mol. The molecule has 0 aliphatic carbocycles. The van der Waals surface area contributed by atoms with Crippen LogP contribution in [-0.2, 0) is 14.4 Å². The van der Waals surface area contributed by atoms with Crippen molar-refractivity contribution in [2.45, 2.75) is 25.9 Å². The van der Waals surface area contributed by atoms with Gasteiger partial charge in [-0.15, -0.1) is 0 Å². The third kappa shape index (κ3) is 3.45. The second-order valence-corrected chi connectivity index (χ2v) is 7.22. The summed E-state index contributed by atoms with van der Waals surface area (Å²) in [6, 6.07) is 11.6. The molecule has 2 atom stereocenters. The van der Waals surface area contributed by atoms with E-state index in [9.17, 15) is 19.2 Å². The van der Waals surface area contributed by atoms with Crippen LogP contribution in [0.25, 0.3) is 0 Å². The molecule has 152 valence electrons. The van der Waals surface area contributed by atoms with Gasteiger partial charge in [-0.3, -0.25) is 24.2 Å². The van der Waals surface area contributed by atoms with Gasteiger partial charge in [0, 0.05) is 11.3 Å². The molecular formula is C21H19N5O4. The lowest BCUT2D eigenvalue weighted by Crippen LogP contribution is -2.43. The van der Waals surface area contributed by atoms with Gasteiger partial charge in [-0.25, -0.2) is 4.90 Å². The molecule has 3 amide bonds. The Balaban J connectivity index is 1.45. The molecule has 2 aromatic rings. The minimum Gasteiger partial charge on any atom is -0.324 e. The van der Waals surface area contributed by atoms with E-state index in [0.29, 0.717) is 16.9 Å². The van der Waals surface area contributed by atoms with Crippen molar-refractivity contribution >= 4 is 34.9 Å². The van der Waals surface area contributed by atoms with Crippen LogP contribution in [0.3, 0.4) is 0 Å². The molecule has 1 N–H and O–H groups in total. The van der Waals surface area contributed by atoms with Crippen LogP contribution < -0.4 is 10.2 Å². The fourth-order valence-electron chi connectivity index (χ4n) is 3.44. The fraction of sp³-hybridized carbons (Fsp3) is 0.238. The summed E-state index contributed by atoms with van der Waals surface area (Å²) in [5.74, 6) is -1.41. The van der Waals surface area contributed by atoms with Gasteiger partial charge in [0.2, 0.25) is 5.91 Å². The quantitative estimate of drug-likeness (QED) is 0.605. The molecule has 1 fully saturated rings. The summed E-state index contributed by atoms with van der Waals surface area (Å²) >= 11 is 0. The zero-order valence-electron chi connectivity index (χ0n) is 16.4. The molecule has 2 aromatic carbocycles. The van der Waals surface area contributed by atoms with Crippen LogP contribution in [0.4, 0.5) is 11.4 Å².